The van der Waals surface area contributed by atoms with Gasteiger partial charge >= 0.3 is 6.09 Å². The van der Waals surface area contributed by atoms with E-state index in [-0.39, 0.29) is 6.79 Å². The molecule has 1 amide bonds. The van der Waals surface area contributed by atoms with Crippen LogP contribution in [-0.2, 0) is 9.47 Å². The highest BCUT2D eigenvalue weighted by Gasteiger charge is 1.90. The summed E-state index contributed by atoms with van der Waals surface area (Å²) in [5.74, 6) is 0. The van der Waals surface area contributed by atoms with E-state index in [4.69, 9.17) is 4.74 Å². The first-order valence-corrected chi connectivity index (χ1v) is 3.27. The number of primary amides is 1. The zero-order valence-electron chi connectivity index (χ0n) is 6.13. The Morgan fingerprint density at radius 1 is 1.60 bits per heavy atom. The molecule has 2 N–H and O–H groups in total. The van der Waals surface area contributed by atoms with Gasteiger partial charge in [0.15, 0.2) is 6.79 Å². The van der Waals surface area contributed by atoms with Crippen molar-refractivity contribution in [3.63, 3.8) is 0 Å². The maximum atomic E-state index is 9.95. The highest BCUT2D eigenvalue weighted by molar-refractivity contribution is 5.64. The molecule has 0 fully saturated rings. The molecular weight excluding hydrogens is 134 g/mol. The van der Waals surface area contributed by atoms with Crippen molar-refractivity contribution in [1.29, 1.82) is 0 Å². The molecule has 10 heavy (non-hydrogen) atoms. The molecule has 60 valence electrons. The van der Waals surface area contributed by atoms with E-state index in [0.717, 1.165) is 12.8 Å². The lowest BCUT2D eigenvalue weighted by molar-refractivity contribution is -0.0126. The Balaban J connectivity index is 2.84. The number of carbonyl (C=O) groups excluding carboxylic acids is 1. The highest BCUT2D eigenvalue weighted by Crippen LogP contribution is 1.87. The second-order valence-electron chi connectivity index (χ2n) is 1.84. The van der Waals surface area contributed by atoms with Crippen LogP contribution < -0.4 is 5.73 Å². The Morgan fingerprint density at radius 2 is 2.30 bits per heavy atom. The van der Waals surface area contributed by atoms with Crippen LogP contribution in [0, 0.1) is 0 Å². The topological polar surface area (TPSA) is 61.6 Å². The van der Waals surface area contributed by atoms with Crippen LogP contribution in [0.4, 0.5) is 4.79 Å². The van der Waals surface area contributed by atoms with Gasteiger partial charge in [0, 0.05) is 0 Å². The van der Waals surface area contributed by atoms with Gasteiger partial charge in [0.2, 0.25) is 0 Å². The van der Waals surface area contributed by atoms with Gasteiger partial charge in [-0.25, -0.2) is 4.79 Å². The van der Waals surface area contributed by atoms with Crippen LogP contribution in [0.2, 0.25) is 0 Å². The molecule has 0 saturated heterocycles. The number of hydrogen-bond donors (Lipinski definition) is 1. The van der Waals surface area contributed by atoms with Gasteiger partial charge in [-0.1, -0.05) is 13.3 Å². The zero-order chi connectivity index (χ0) is 7.82. The number of nitrogens with two attached hydrogens (primary N) is 1. The summed E-state index contributed by atoms with van der Waals surface area (Å²) in [5, 5.41) is 0. The third kappa shape index (κ3) is 7.23. The van der Waals surface area contributed by atoms with Gasteiger partial charge < -0.3 is 15.2 Å². The van der Waals surface area contributed by atoms with Crippen LogP contribution in [0.3, 0.4) is 0 Å². The van der Waals surface area contributed by atoms with Gasteiger partial charge in [0.25, 0.3) is 0 Å². The molecule has 0 saturated carbocycles. The van der Waals surface area contributed by atoms with Crippen LogP contribution in [0.25, 0.3) is 0 Å². The van der Waals surface area contributed by atoms with E-state index in [9.17, 15) is 4.79 Å². The average Bonchev–Trinajstić information content (AvgIpc) is 1.87. The van der Waals surface area contributed by atoms with E-state index in [1.807, 2.05) is 0 Å². The molecule has 0 aliphatic rings. The van der Waals surface area contributed by atoms with Crippen molar-refractivity contribution in [2.45, 2.75) is 19.8 Å². The second-order valence-corrected chi connectivity index (χ2v) is 1.84. The summed E-state index contributed by atoms with van der Waals surface area (Å²) in [6.45, 7) is 2.64. The van der Waals surface area contributed by atoms with Gasteiger partial charge in [0.05, 0.1) is 6.61 Å². The molecule has 4 nitrogen and oxygen atoms in total. The second kappa shape index (κ2) is 6.35. The molecule has 0 aromatic rings. The van der Waals surface area contributed by atoms with Crippen LogP contribution in [-0.4, -0.2) is 19.5 Å². The van der Waals surface area contributed by atoms with E-state index < -0.39 is 6.09 Å². The van der Waals surface area contributed by atoms with Crippen molar-refractivity contribution in [3.05, 3.63) is 0 Å². The van der Waals surface area contributed by atoms with Crippen LogP contribution >= 0.6 is 0 Å². The largest absolute Gasteiger partial charge is 0.422 e. The Morgan fingerprint density at radius 3 is 2.80 bits per heavy atom. The van der Waals surface area contributed by atoms with E-state index in [1.165, 1.54) is 0 Å². The molecule has 0 aliphatic carbocycles. The summed E-state index contributed by atoms with van der Waals surface area (Å²) in [7, 11) is 0. The third-order valence-electron chi connectivity index (χ3n) is 0.927. The summed E-state index contributed by atoms with van der Waals surface area (Å²) in [6.07, 6.45) is 1.25. The summed E-state index contributed by atoms with van der Waals surface area (Å²) in [5.41, 5.74) is 4.67. The number of hydrogen-bond acceptors (Lipinski definition) is 3. The van der Waals surface area contributed by atoms with Crippen LogP contribution in [0.5, 0.6) is 0 Å². The molecule has 0 atom stereocenters. The molecule has 0 spiro atoms. The van der Waals surface area contributed by atoms with Crippen molar-refractivity contribution < 1.29 is 14.3 Å². The molecule has 0 heterocycles. The lowest BCUT2D eigenvalue weighted by Gasteiger charge is -2.01. The Labute approximate surface area is 60.3 Å². The van der Waals surface area contributed by atoms with Gasteiger partial charge in [-0.15, -0.1) is 0 Å². The Hall–Kier alpha value is -0.770. The maximum Gasteiger partial charge on any atom is 0.406 e. The monoisotopic (exact) mass is 147 g/mol. The van der Waals surface area contributed by atoms with Gasteiger partial charge in [-0.2, -0.15) is 0 Å². The number of amides is 1. The number of unbranched alkanes of at least 4 members (excludes halogenated alkanes) is 1. The predicted octanol–water partition coefficient (Wildman–Crippen LogP) is 0.856. The first kappa shape index (κ1) is 9.23. The SMILES string of the molecule is CCCCOCOC(N)=O. The zero-order valence-corrected chi connectivity index (χ0v) is 6.13. The Kier molecular flexibility index (Phi) is 5.86. The minimum Gasteiger partial charge on any atom is -0.422 e. The van der Waals surface area contributed by atoms with Gasteiger partial charge in [-0.3, -0.25) is 0 Å². The van der Waals surface area contributed by atoms with Crippen LogP contribution in [0.15, 0.2) is 0 Å². The standard InChI is InChI=1S/C6H13NO3/c1-2-3-4-9-5-10-6(7)8/h2-5H2,1H3,(H2,7,8). The highest BCUT2D eigenvalue weighted by atomic mass is 16.7. The van der Waals surface area contributed by atoms with Crippen molar-refractivity contribution in [1.82, 2.24) is 0 Å². The molecule has 0 aliphatic heterocycles. The van der Waals surface area contributed by atoms with E-state index >= 15 is 0 Å². The molecular formula is C6H13NO3. The van der Waals surface area contributed by atoms with E-state index in [1.54, 1.807) is 0 Å². The fourth-order valence-corrected chi connectivity index (χ4v) is 0.405. The minimum absolute atomic E-state index is 0.0324. The first-order chi connectivity index (χ1) is 4.77. The quantitative estimate of drug-likeness (QED) is 0.463. The predicted molar refractivity (Wildman–Crippen MR) is 36.4 cm³/mol. The van der Waals surface area contributed by atoms with Crippen molar-refractivity contribution >= 4 is 6.09 Å². The third-order valence-corrected chi connectivity index (χ3v) is 0.927. The summed E-state index contributed by atoms with van der Waals surface area (Å²) >= 11 is 0. The molecule has 0 rings (SSSR count). The number of carbonyl (C=O) groups is 1. The number of ether oxygens (including phenoxy) is 2. The molecule has 0 unspecified atom stereocenters. The minimum atomic E-state index is -0.795. The fraction of sp³-hybridized carbons (Fsp3) is 0.833. The normalized spacial score (nSPS) is 9.30. The van der Waals surface area contributed by atoms with Crippen molar-refractivity contribution in [3.8, 4) is 0 Å². The fourth-order valence-electron chi connectivity index (χ4n) is 0.405. The molecule has 0 aromatic heterocycles. The summed E-state index contributed by atoms with van der Waals surface area (Å²) in [4.78, 5) is 9.95. The van der Waals surface area contributed by atoms with Gasteiger partial charge in [-0.05, 0) is 6.42 Å². The van der Waals surface area contributed by atoms with Crippen molar-refractivity contribution in [2.75, 3.05) is 13.4 Å². The summed E-state index contributed by atoms with van der Waals surface area (Å²) in [6, 6.07) is 0. The van der Waals surface area contributed by atoms with Crippen molar-refractivity contribution in [2.24, 2.45) is 5.73 Å². The maximum absolute atomic E-state index is 9.95. The molecule has 0 aromatic carbocycles. The molecule has 0 radical (unpaired) electrons. The molecule has 0 bridgehead atoms. The average molecular weight is 147 g/mol. The van der Waals surface area contributed by atoms with Crippen LogP contribution in [0.1, 0.15) is 19.8 Å². The summed E-state index contributed by atoms with van der Waals surface area (Å²) < 4.78 is 9.17. The Bertz CT molecular complexity index is 95.0. The first-order valence-electron chi connectivity index (χ1n) is 3.27. The number of rotatable bonds is 5. The van der Waals surface area contributed by atoms with Gasteiger partial charge in [0.1, 0.15) is 0 Å². The van der Waals surface area contributed by atoms with E-state index in [0.29, 0.717) is 6.61 Å². The molecule has 4 heteroatoms. The lowest BCUT2D eigenvalue weighted by atomic mass is 10.4. The van der Waals surface area contributed by atoms with E-state index in [2.05, 4.69) is 17.4 Å². The lowest BCUT2D eigenvalue weighted by Crippen LogP contribution is -2.15. The smallest absolute Gasteiger partial charge is 0.406 e.